The van der Waals surface area contributed by atoms with Gasteiger partial charge in [0.1, 0.15) is 5.75 Å². The average molecular weight is 456 g/mol. The highest BCUT2D eigenvalue weighted by Gasteiger charge is 2.56. The van der Waals surface area contributed by atoms with E-state index in [2.05, 4.69) is 26.8 Å². The first-order chi connectivity index (χ1) is 15.4. The number of anilines is 1. The van der Waals surface area contributed by atoms with Crippen LogP contribution in [0, 0.1) is 17.8 Å². The summed E-state index contributed by atoms with van der Waals surface area (Å²) in [6.07, 6.45) is 10.5. The molecule has 2 fully saturated rings. The molecule has 170 valence electrons. The van der Waals surface area contributed by atoms with Gasteiger partial charge in [0, 0.05) is 44.5 Å². The van der Waals surface area contributed by atoms with Crippen LogP contribution in [-0.2, 0) is 16.4 Å². The van der Waals surface area contributed by atoms with E-state index in [1.807, 2.05) is 30.6 Å². The van der Waals surface area contributed by atoms with Gasteiger partial charge >= 0.3 is 0 Å². The summed E-state index contributed by atoms with van der Waals surface area (Å²) >= 11 is 0. The van der Waals surface area contributed by atoms with Crippen LogP contribution in [0.25, 0.3) is 5.57 Å². The van der Waals surface area contributed by atoms with Crippen molar-refractivity contribution in [1.82, 2.24) is 19.3 Å². The summed E-state index contributed by atoms with van der Waals surface area (Å²) < 4.78 is 30.8. The topological polar surface area (TPSA) is 88.5 Å². The number of aromatic nitrogens is 3. The summed E-state index contributed by atoms with van der Waals surface area (Å²) in [4.78, 5) is 15.8. The Balaban J connectivity index is 1.10. The zero-order valence-electron chi connectivity index (χ0n) is 18.5. The van der Waals surface area contributed by atoms with Crippen LogP contribution in [0.1, 0.15) is 24.6 Å². The van der Waals surface area contributed by atoms with Gasteiger partial charge in [0.05, 0.1) is 24.8 Å². The van der Waals surface area contributed by atoms with E-state index >= 15 is 0 Å². The third-order valence-corrected chi connectivity index (χ3v) is 8.17. The first-order valence-corrected chi connectivity index (χ1v) is 13.1. The Bertz CT molecular complexity index is 1090. The zero-order valence-corrected chi connectivity index (χ0v) is 19.3. The number of fused-ring (bicyclic) bond motifs is 1. The van der Waals surface area contributed by atoms with Gasteiger partial charge < -0.3 is 9.64 Å². The molecule has 32 heavy (non-hydrogen) atoms. The number of piperidine rings is 1. The molecule has 8 nitrogen and oxygen atoms in total. The molecule has 9 heteroatoms. The Morgan fingerprint density at radius 3 is 2.41 bits per heavy atom. The van der Waals surface area contributed by atoms with E-state index in [0.29, 0.717) is 43.9 Å². The van der Waals surface area contributed by atoms with Gasteiger partial charge in [0.25, 0.3) is 0 Å². The summed E-state index contributed by atoms with van der Waals surface area (Å²) in [5, 5.41) is 0. The SMILES string of the molecule is CCc1cnc(N2C[C@@H]3C(COc4ccc(C5=CCN(S(C)(=O)=O)CC5)nc4)[C@@H]3C2)nc1. The van der Waals surface area contributed by atoms with E-state index in [1.54, 1.807) is 6.20 Å². The number of sulfonamides is 1. The van der Waals surface area contributed by atoms with Crippen molar-refractivity contribution in [1.29, 1.82) is 0 Å². The summed E-state index contributed by atoms with van der Waals surface area (Å²) in [6, 6.07) is 3.92. The second kappa shape index (κ2) is 8.44. The number of pyridine rings is 1. The van der Waals surface area contributed by atoms with Crippen LogP contribution in [0.2, 0.25) is 0 Å². The van der Waals surface area contributed by atoms with E-state index < -0.39 is 10.0 Å². The molecular weight excluding hydrogens is 426 g/mol. The van der Waals surface area contributed by atoms with E-state index in [9.17, 15) is 8.42 Å². The predicted molar refractivity (Wildman–Crippen MR) is 123 cm³/mol. The van der Waals surface area contributed by atoms with Gasteiger partial charge in [0.2, 0.25) is 16.0 Å². The molecule has 3 aliphatic rings. The molecule has 4 heterocycles. The van der Waals surface area contributed by atoms with Crippen molar-refractivity contribution in [3.8, 4) is 5.75 Å². The Kier molecular flexibility index (Phi) is 5.63. The summed E-state index contributed by atoms with van der Waals surface area (Å²) in [7, 11) is -3.14. The minimum atomic E-state index is -3.14. The lowest BCUT2D eigenvalue weighted by Gasteiger charge is -2.23. The normalized spacial score (nSPS) is 25.4. The molecule has 1 unspecified atom stereocenters. The van der Waals surface area contributed by atoms with E-state index in [-0.39, 0.29) is 0 Å². The van der Waals surface area contributed by atoms with Crippen LogP contribution >= 0.6 is 0 Å². The maximum atomic E-state index is 11.6. The fourth-order valence-corrected chi connectivity index (χ4v) is 5.55. The standard InChI is InChI=1S/C23H29N5O3S/c1-3-16-10-25-23(26-11-16)27-13-19-20(14-27)21(19)15-31-18-4-5-22(24-12-18)17-6-8-28(9-7-17)32(2,29)30/h4-6,10-12,19-21H,3,7-9,13-15H2,1-2H3/t19-,20+,21?. The van der Waals surface area contributed by atoms with Crippen molar-refractivity contribution in [2.24, 2.45) is 17.8 Å². The van der Waals surface area contributed by atoms with Gasteiger partial charge in [-0.1, -0.05) is 13.0 Å². The largest absolute Gasteiger partial charge is 0.492 e. The van der Waals surface area contributed by atoms with Crippen LogP contribution in [0.5, 0.6) is 5.75 Å². The third kappa shape index (κ3) is 4.36. The van der Waals surface area contributed by atoms with Gasteiger partial charge in [-0.15, -0.1) is 0 Å². The molecule has 0 amide bonds. The Morgan fingerprint density at radius 2 is 1.84 bits per heavy atom. The highest BCUT2D eigenvalue weighted by Crippen LogP contribution is 2.52. The van der Waals surface area contributed by atoms with Crippen molar-refractivity contribution in [3.63, 3.8) is 0 Å². The number of hydrogen-bond donors (Lipinski definition) is 0. The Morgan fingerprint density at radius 1 is 1.09 bits per heavy atom. The van der Waals surface area contributed by atoms with E-state index in [0.717, 1.165) is 42.5 Å². The quantitative estimate of drug-likeness (QED) is 0.633. The maximum Gasteiger partial charge on any atom is 0.225 e. The van der Waals surface area contributed by atoms with Crippen LogP contribution in [-0.4, -0.2) is 66.7 Å². The van der Waals surface area contributed by atoms with Gasteiger partial charge in [-0.3, -0.25) is 4.98 Å². The van der Waals surface area contributed by atoms with Crippen LogP contribution in [0.3, 0.4) is 0 Å². The zero-order chi connectivity index (χ0) is 22.3. The molecule has 0 spiro atoms. The van der Waals surface area contributed by atoms with Crippen molar-refractivity contribution >= 4 is 21.5 Å². The molecule has 1 saturated heterocycles. The molecule has 0 aromatic carbocycles. The smallest absolute Gasteiger partial charge is 0.225 e. The van der Waals surface area contributed by atoms with Crippen molar-refractivity contribution in [2.75, 3.05) is 43.9 Å². The van der Waals surface area contributed by atoms with Crippen molar-refractivity contribution < 1.29 is 13.2 Å². The van der Waals surface area contributed by atoms with Gasteiger partial charge in [-0.2, -0.15) is 4.31 Å². The van der Waals surface area contributed by atoms with E-state index in [1.165, 1.54) is 16.1 Å². The van der Waals surface area contributed by atoms with Gasteiger partial charge in [-0.05, 0) is 47.9 Å². The fraction of sp³-hybridized carbons (Fsp3) is 0.522. The molecule has 0 N–H and O–H groups in total. The molecule has 2 aromatic rings. The highest BCUT2D eigenvalue weighted by molar-refractivity contribution is 7.88. The third-order valence-electron chi connectivity index (χ3n) is 6.90. The molecule has 5 rings (SSSR count). The van der Waals surface area contributed by atoms with Gasteiger partial charge in [0.15, 0.2) is 0 Å². The summed E-state index contributed by atoms with van der Waals surface area (Å²) in [6.45, 7) is 5.73. The molecule has 0 radical (unpaired) electrons. The lowest BCUT2D eigenvalue weighted by Crippen LogP contribution is -2.33. The molecule has 1 saturated carbocycles. The van der Waals surface area contributed by atoms with Crippen LogP contribution < -0.4 is 9.64 Å². The number of ether oxygens (including phenoxy) is 1. The monoisotopic (exact) mass is 455 g/mol. The predicted octanol–water partition coefficient (Wildman–Crippen LogP) is 2.24. The first kappa shape index (κ1) is 21.3. The summed E-state index contributed by atoms with van der Waals surface area (Å²) in [5.74, 6) is 3.52. The lowest BCUT2D eigenvalue weighted by atomic mass is 10.1. The second-order valence-corrected chi connectivity index (χ2v) is 10.9. The van der Waals surface area contributed by atoms with Gasteiger partial charge in [-0.25, -0.2) is 18.4 Å². The second-order valence-electron chi connectivity index (χ2n) is 8.93. The number of aryl methyl sites for hydroxylation is 1. The fourth-order valence-electron chi connectivity index (χ4n) is 4.79. The van der Waals surface area contributed by atoms with Crippen molar-refractivity contribution in [3.05, 3.63) is 48.1 Å². The number of rotatable bonds is 7. The average Bonchev–Trinajstić information content (AvgIpc) is 3.26. The first-order valence-electron chi connectivity index (χ1n) is 11.2. The van der Waals surface area contributed by atoms with Crippen LogP contribution in [0.15, 0.2) is 36.8 Å². The molecular formula is C23H29N5O3S. The molecule has 2 aliphatic heterocycles. The highest BCUT2D eigenvalue weighted by atomic mass is 32.2. The summed E-state index contributed by atoms with van der Waals surface area (Å²) in [5.41, 5.74) is 3.14. The maximum absolute atomic E-state index is 11.6. The van der Waals surface area contributed by atoms with E-state index in [4.69, 9.17) is 4.74 Å². The molecule has 1 aliphatic carbocycles. The number of nitrogens with zero attached hydrogens (tertiary/aromatic N) is 5. The molecule has 2 aromatic heterocycles. The molecule has 0 bridgehead atoms. The minimum absolute atomic E-state index is 0.406. The Labute approximate surface area is 189 Å². The van der Waals surface area contributed by atoms with Crippen LogP contribution in [0.4, 0.5) is 5.95 Å². The number of hydrogen-bond acceptors (Lipinski definition) is 7. The Hall–Kier alpha value is -2.52. The minimum Gasteiger partial charge on any atom is -0.492 e. The van der Waals surface area contributed by atoms with Crippen molar-refractivity contribution in [2.45, 2.75) is 19.8 Å². The molecule has 3 atom stereocenters. The lowest BCUT2D eigenvalue weighted by molar-refractivity contribution is 0.282.